The van der Waals surface area contributed by atoms with Crippen molar-refractivity contribution in [2.45, 2.75) is 32.7 Å². The molecule has 34 heavy (non-hydrogen) atoms. The third kappa shape index (κ3) is 4.96. The van der Waals surface area contributed by atoms with Crippen LogP contribution in [-0.4, -0.2) is 41.4 Å². The van der Waals surface area contributed by atoms with Crippen LogP contribution in [0.3, 0.4) is 0 Å². The van der Waals surface area contributed by atoms with Crippen molar-refractivity contribution in [3.05, 3.63) is 77.2 Å². The monoisotopic (exact) mass is 455 g/mol. The molecular formula is C27H29N5O2. The van der Waals surface area contributed by atoms with Gasteiger partial charge in [0, 0.05) is 16.5 Å². The molecule has 0 bridgehead atoms. The molecule has 0 radical (unpaired) electrons. The van der Waals surface area contributed by atoms with Gasteiger partial charge in [0.15, 0.2) is 5.96 Å². The number of nitrogens with zero attached hydrogens (tertiary/aromatic N) is 2. The number of amides is 3. The standard InChI is InChI=1S/C27H29N5O2/c1-18(2)15-27(3)24(33)32(25(28)31-27)17-20-13-11-19(12-14-20)16-29-26(34)30-23-10-6-8-21-7-4-5-9-22(21)23/h4-11,13,18H,15-17H2,1-3H3,(H2,28,31)(H2,29,30,34). The molecule has 0 saturated heterocycles. The van der Waals surface area contributed by atoms with Crippen molar-refractivity contribution in [2.24, 2.45) is 16.6 Å². The molecule has 1 heterocycles. The van der Waals surface area contributed by atoms with Crippen molar-refractivity contribution in [1.82, 2.24) is 10.2 Å². The Hall–Kier alpha value is -4.05. The largest absolute Gasteiger partial charge is 0.369 e. The first-order chi connectivity index (χ1) is 16.2. The number of nitrogens with one attached hydrogen (secondary N) is 2. The molecule has 3 amide bonds. The molecule has 1 atom stereocenters. The Morgan fingerprint density at radius 1 is 1.12 bits per heavy atom. The molecule has 2 aromatic rings. The fourth-order valence-corrected chi connectivity index (χ4v) is 4.32. The highest BCUT2D eigenvalue weighted by molar-refractivity contribution is 6.06. The second-order valence-electron chi connectivity index (χ2n) is 9.20. The van der Waals surface area contributed by atoms with Crippen LogP contribution in [0.25, 0.3) is 10.8 Å². The first kappa shape index (κ1) is 23.1. The maximum absolute atomic E-state index is 12.9. The van der Waals surface area contributed by atoms with Crippen molar-refractivity contribution in [3.8, 4) is 0 Å². The number of carbonyl (C=O) groups excluding carboxylic acids is 2. The molecule has 1 aliphatic carbocycles. The van der Waals surface area contributed by atoms with E-state index in [0.717, 1.165) is 27.6 Å². The molecule has 7 nitrogen and oxygen atoms in total. The number of aliphatic imine (C=N–C) groups is 1. The van der Waals surface area contributed by atoms with Crippen LogP contribution < -0.4 is 16.4 Å². The third-order valence-electron chi connectivity index (χ3n) is 5.82. The smallest absolute Gasteiger partial charge is 0.319 e. The number of hydrogen-bond donors (Lipinski definition) is 3. The molecule has 0 aromatic heterocycles. The number of carbonyl (C=O) groups is 2. The van der Waals surface area contributed by atoms with E-state index in [4.69, 9.17) is 5.73 Å². The number of rotatable bonds is 7. The van der Waals surface area contributed by atoms with Crippen LogP contribution in [0.1, 0.15) is 27.2 Å². The fourth-order valence-electron chi connectivity index (χ4n) is 4.32. The summed E-state index contributed by atoms with van der Waals surface area (Å²) in [7, 11) is 0. The molecule has 0 spiro atoms. The van der Waals surface area contributed by atoms with Crippen molar-refractivity contribution >= 4 is 34.4 Å². The lowest BCUT2D eigenvalue weighted by Gasteiger charge is -2.23. The van der Waals surface area contributed by atoms with Crippen LogP contribution >= 0.6 is 0 Å². The van der Waals surface area contributed by atoms with Gasteiger partial charge in [-0.15, -0.1) is 0 Å². The van der Waals surface area contributed by atoms with Crippen LogP contribution in [0.15, 0.2) is 82.2 Å². The van der Waals surface area contributed by atoms with E-state index in [-0.39, 0.29) is 24.4 Å². The molecule has 7 heteroatoms. The predicted molar refractivity (Wildman–Crippen MR) is 135 cm³/mol. The van der Waals surface area contributed by atoms with E-state index in [1.54, 1.807) is 0 Å². The van der Waals surface area contributed by atoms with Gasteiger partial charge in [-0.3, -0.25) is 9.69 Å². The van der Waals surface area contributed by atoms with Gasteiger partial charge >= 0.3 is 6.03 Å². The Morgan fingerprint density at radius 2 is 1.82 bits per heavy atom. The molecule has 0 fully saturated rings. The minimum absolute atomic E-state index is 0.0945. The van der Waals surface area contributed by atoms with E-state index >= 15 is 0 Å². The van der Waals surface area contributed by atoms with Crippen molar-refractivity contribution in [2.75, 3.05) is 18.4 Å². The lowest BCUT2D eigenvalue weighted by Crippen LogP contribution is -2.44. The van der Waals surface area contributed by atoms with E-state index in [0.29, 0.717) is 18.9 Å². The summed E-state index contributed by atoms with van der Waals surface area (Å²) < 4.78 is 0. The zero-order valence-electron chi connectivity index (χ0n) is 19.7. The maximum atomic E-state index is 12.9. The van der Waals surface area contributed by atoms with Gasteiger partial charge in [-0.1, -0.05) is 61.7 Å². The van der Waals surface area contributed by atoms with Crippen molar-refractivity contribution < 1.29 is 9.59 Å². The number of nitrogens with two attached hydrogens (primary N) is 1. The molecule has 2 aromatic carbocycles. The lowest BCUT2D eigenvalue weighted by molar-refractivity contribution is -0.130. The average molecular weight is 456 g/mol. The van der Waals surface area contributed by atoms with Gasteiger partial charge < -0.3 is 16.4 Å². The van der Waals surface area contributed by atoms with Crippen molar-refractivity contribution in [1.29, 1.82) is 0 Å². The summed E-state index contributed by atoms with van der Waals surface area (Å²) in [5.74, 6) is 0.468. The number of fused-ring (bicyclic) bond motifs is 1. The zero-order chi connectivity index (χ0) is 24.3. The highest BCUT2D eigenvalue weighted by Crippen LogP contribution is 2.29. The third-order valence-corrected chi connectivity index (χ3v) is 5.82. The van der Waals surface area contributed by atoms with E-state index in [1.807, 2.05) is 61.5 Å². The van der Waals surface area contributed by atoms with Gasteiger partial charge in [-0.25, -0.2) is 9.79 Å². The van der Waals surface area contributed by atoms with E-state index < -0.39 is 5.54 Å². The van der Waals surface area contributed by atoms with Gasteiger partial charge in [0.2, 0.25) is 0 Å². The molecular weight excluding hydrogens is 426 g/mol. The van der Waals surface area contributed by atoms with Gasteiger partial charge in [-0.2, -0.15) is 0 Å². The summed E-state index contributed by atoms with van der Waals surface area (Å²) in [6, 6.07) is 13.4. The molecule has 1 aliphatic heterocycles. The molecule has 0 saturated carbocycles. The van der Waals surface area contributed by atoms with E-state index in [2.05, 4.69) is 40.9 Å². The van der Waals surface area contributed by atoms with Crippen LogP contribution in [0.4, 0.5) is 10.5 Å². The Bertz CT molecular complexity index is 1300. The van der Waals surface area contributed by atoms with Gasteiger partial charge in [-0.05, 0) is 42.9 Å². The number of benzene rings is 2. The fraction of sp³-hybridized carbons (Fsp3) is 0.296. The van der Waals surface area contributed by atoms with Crippen LogP contribution in [0.5, 0.6) is 0 Å². The normalized spacial score (nSPS) is 19.4. The summed E-state index contributed by atoms with van der Waals surface area (Å²) in [5.41, 5.74) is 13.7. The van der Waals surface area contributed by atoms with Gasteiger partial charge in [0.1, 0.15) is 5.54 Å². The summed E-state index contributed by atoms with van der Waals surface area (Å²) >= 11 is 0. The lowest BCUT2D eigenvalue weighted by atomic mass is 9.91. The Labute approximate surface area is 199 Å². The SMILES string of the molecule is CC(C)CC1(C)N=C(N)N(CC2=C=C=C(CNC(=O)Nc3cccc4ccccc34)C=C2)C1=O. The van der Waals surface area contributed by atoms with Gasteiger partial charge in [0.25, 0.3) is 5.91 Å². The van der Waals surface area contributed by atoms with Crippen LogP contribution in [0, 0.1) is 5.92 Å². The number of hydrogen-bond acceptors (Lipinski definition) is 4. The summed E-state index contributed by atoms with van der Waals surface area (Å²) in [5, 5.41) is 7.78. The average Bonchev–Trinajstić information content (AvgIpc) is 3.01. The zero-order valence-corrected chi connectivity index (χ0v) is 19.7. The summed E-state index contributed by atoms with van der Waals surface area (Å²) in [4.78, 5) is 31.3. The molecule has 1 unspecified atom stereocenters. The summed E-state index contributed by atoms with van der Waals surface area (Å²) in [6.07, 6.45) is 4.35. The second kappa shape index (κ2) is 9.44. The number of guanidine groups is 1. The Kier molecular flexibility index (Phi) is 6.42. The first-order valence-electron chi connectivity index (χ1n) is 11.4. The van der Waals surface area contributed by atoms with Crippen LogP contribution in [0.2, 0.25) is 0 Å². The second-order valence-corrected chi connectivity index (χ2v) is 9.20. The Balaban J connectivity index is 1.37. The highest BCUT2D eigenvalue weighted by atomic mass is 16.2. The van der Waals surface area contributed by atoms with Crippen molar-refractivity contribution in [3.63, 3.8) is 0 Å². The first-order valence-corrected chi connectivity index (χ1v) is 11.4. The minimum Gasteiger partial charge on any atom is -0.369 e. The van der Waals surface area contributed by atoms with Gasteiger partial charge in [0.05, 0.1) is 18.8 Å². The summed E-state index contributed by atoms with van der Waals surface area (Å²) in [6.45, 7) is 6.53. The number of urea groups is 1. The topological polar surface area (TPSA) is 99.8 Å². The minimum atomic E-state index is -0.816. The van der Waals surface area contributed by atoms with Crippen LogP contribution in [-0.2, 0) is 4.79 Å². The molecule has 4 rings (SSSR count). The quantitative estimate of drug-likeness (QED) is 0.548. The maximum Gasteiger partial charge on any atom is 0.319 e. The predicted octanol–water partition coefficient (Wildman–Crippen LogP) is 4.10. The molecule has 4 N–H and O–H groups in total. The Morgan fingerprint density at radius 3 is 2.56 bits per heavy atom. The highest BCUT2D eigenvalue weighted by Gasteiger charge is 2.44. The molecule has 174 valence electrons. The van der Waals surface area contributed by atoms with E-state index in [1.165, 1.54) is 4.90 Å². The number of anilines is 1. The van der Waals surface area contributed by atoms with E-state index in [9.17, 15) is 9.59 Å². The molecule has 2 aliphatic rings.